The second-order valence-corrected chi connectivity index (χ2v) is 7.22. The summed E-state index contributed by atoms with van der Waals surface area (Å²) >= 11 is 0. The number of aliphatic hydroxyl groups is 1. The van der Waals surface area contributed by atoms with Gasteiger partial charge in [0.25, 0.3) is 5.78 Å². The molecule has 7 nitrogen and oxygen atoms in total. The maximum absolute atomic E-state index is 9.46. The zero-order chi connectivity index (χ0) is 18.8. The van der Waals surface area contributed by atoms with Crippen molar-refractivity contribution in [3.63, 3.8) is 0 Å². The number of aryl methyl sites for hydroxylation is 1. The highest BCUT2D eigenvalue weighted by Crippen LogP contribution is 2.31. The molecule has 142 valence electrons. The molecule has 1 aliphatic heterocycles. The predicted molar refractivity (Wildman–Crippen MR) is 103 cm³/mol. The number of aromatic nitrogens is 4. The van der Waals surface area contributed by atoms with Gasteiger partial charge in [-0.1, -0.05) is 6.07 Å². The van der Waals surface area contributed by atoms with Crippen molar-refractivity contribution in [3.05, 3.63) is 42.0 Å². The maximum Gasteiger partial charge on any atom is 0.254 e. The van der Waals surface area contributed by atoms with Crippen molar-refractivity contribution in [3.8, 4) is 16.9 Å². The topological polar surface area (TPSA) is 75.8 Å². The third-order valence-corrected chi connectivity index (χ3v) is 5.28. The van der Waals surface area contributed by atoms with Crippen LogP contribution in [0.2, 0.25) is 0 Å². The third-order valence-electron chi connectivity index (χ3n) is 5.28. The molecule has 0 bridgehead atoms. The van der Waals surface area contributed by atoms with Crippen molar-refractivity contribution >= 4 is 5.78 Å². The fourth-order valence-electron chi connectivity index (χ4n) is 3.82. The summed E-state index contributed by atoms with van der Waals surface area (Å²) in [5, 5.41) is 17.6. The summed E-state index contributed by atoms with van der Waals surface area (Å²) in [6.07, 6.45) is 6.07. The highest BCUT2D eigenvalue weighted by Gasteiger charge is 2.20. The molecule has 3 heterocycles. The fraction of sp³-hybridized carbons (Fsp3) is 0.450. The summed E-state index contributed by atoms with van der Waals surface area (Å²) in [5.41, 5.74) is 3.20. The first kappa shape index (κ1) is 17.9. The Morgan fingerprint density at radius 2 is 2.19 bits per heavy atom. The van der Waals surface area contributed by atoms with Gasteiger partial charge in [0.1, 0.15) is 11.6 Å². The van der Waals surface area contributed by atoms with Crippen LogP contribution in [0.4, 0.5) is 0 Å². The van der Waals surface area contributed by atoms with Gasteiger partial charge in [0, 0.05) is 43.2 Å². The molecule has 2 aromatic heterocycles. The van der Waals surface area contributed by atoms with E-state index in [1.807, 2.05) is 29.8 Å². The van der Waals surface area contributed by atoms with E-state index in [0.717, 1.165) is 55.2 Å². The summed E-state index contributed by atoms with van der Waals surface area (Å²) < 4.78 is 7.47. The van der Waals surface area contributed by atoms with Gasteiger partial charge in [-0.3, -0.25) is 9.30 Å². The van der Waals surface area contributed by atoms with Gasteiger partial charge in [0.15, 0.2) is 0 Å². The molecule has 0 saturated carbocycles. The fourth-order valence-corrected chi connectivity index (χ4v) is 3.82. The maximum atomic E-state index is 9.46. The van der Waals surface area contributed by atoms with Gasteiger partial charge in [0.05, 0.1) is 7.11 Å². The van der Waals surface area contributed by atoms with E-state index < -0.39 is 0 Å². The van der Waals surface area contributed by atoms with Gasteiger partial charge in [-0.2, -0.15) is 0 Å². The molecule has 0 amide bonds. The molecule has 1 N–H and O–H groups in total. The van der Waals surface area contributed by atoms with E-state index in [9.17, 15) is 5.11 Å². The number of fused-ring (bicyclic) bond motifs is 1. The quantitative estimate of drug-likeness (QED) is 0.746. The van der Waals surface area contributed by atoms with E-state index in [1.165, 1.54) is 5.56 Å². The number of benzene rings is 1. The first-order chi connectivity index (χ1) is 13.2. The molecule has 7 heteroatoms. The lowest BCUT2D eigenvalue weighted by Gasteiger charge is -2.31. The van der Waals surface area contributed by atoms with Gasteiger partial charge in [0.2, 0.25) is 0 Å². The van der Waals surface area contributed by atoms with Gasteiger partial charge in [-0.15, -0.1) is 10.2 Å². The van der Waals surface area contributed by atoms with E-state index in [4.69, 9.17) is 4.74 Å². The number of aliphatic hydroxyl groups excluding tert-OH is 1. The Morgan fingerprint density at radius 3 is 3.00 bits per heavy atom. The van der Waals surface area contributed by atoms with Crippen LogP contribution in [0.25, 0.3) is 16.9 Å². The number of methoxy groups -OCH3 is 1. The Labute approximate surface area is 158 Å². The molecule has 0 radical (unpaired) electrons. The SMILES string of the molecule is COc1ccc(CN2CCCC(CO)C2)cc1-c1cnc2nnc(C)n2c1. The van der Waals surface area contributed by atoms with Crippen LogP contribution in [-0.2, 0) is 6.54 Å². The van der Waals surface area contributed by atoms with Gasteiger partial charge < -0.3 is 9.84 Å². The minimum Gasteiger partial charge on any atom is -0.496 e. The van der Waals surface area contributed by atoms with Crippen molar-refractivity contribution in [2.45, 2.75) is 26.3 Å². The van der Waals surface area contributed by atoms with Crippen molar-refractivity contribution < 1.29 is 9.84 Å². The Balaban J connectivity index is 1.65. The smallest absolute Gasteiger partial charge is 0.254 e. The van der Waals surface area contributed by atoms with Gasteiger partial charge >= 0.3 is 0 Å². The molecule has 1 fully saturated rings. The monoisotopic (exact) mass is 367 g/mol. The largest absolute Gasteiger partial charge is 0.496 e. The summed E-state index contributed by atoms with van der Waals surface area (Å²) in [4.78, 5) is 6.83. The Kier molecular flexibility index (Phi) is 5.05. The molecule has 27 heavy (non-hydrogen) atoms. The van der Waals surface area contributed by atoms with Crippen molar-refractivity contribution in [1.29, 1.82) is 0 Å². The minimum absolute atomic E-state index is 0.272. The van der Waals surface area contributed by atoms with E-state index in [-0.39, 0.29) is 6.61 Å². The van der Waals surface area contributed by atoms with Crippen molar-refractivity contribution in [2.75, 3.05) is 26.8 Å². The average molecular weight is 367 g/mol. The van der Waals surface area contributed by atoms with E-state index in [0.29, 0.717) is 11.7 Å². The highest BCUT2D eigenvalue weighted by molar-refractivity contribution is 5.70. The average Bonchev–Trinajstić information content (AvgIpc) is 3.08. The first-order valence-corrected chi connectivity index (χ1v) is 9.36. The molecular formula is C20H25N5O2. The van der Waals surface area contributed by atoms with Crippen molar-refractivity contribution in [2.24, 2.45) is 5.92 Å². The lowest BCUT2D eigenvalue weighted by molar-refractivity contribution is 0.116. The lowest BCUT2D eigenvalue weighted by atomic mass is 9.98. The summed E-state index contributed by atoms with van der Waals surface area (Å²) in [7, 11) is 1.69. The number of hydrogen-bond donors (Lipinski definition) is 1. The number of likely N-dealkylation sites (tertiary alicyclic amines) is 1. The molecule has 0 spiro atoms. The second-order valence-electron chi connectivity index (χ2n) is 7.22. The number of rotatable bonds is 5. The molecule has 1 saturated heterocycles. The standard InChI is InChI=1S/C20H25N5O2/c1-14-22-23-20-21-9-17(12-25(14)20)18-8-15(5-6-19(18)27-2)10-24-7-3-4-16(11-24)13-26/h5-6,8-9,12,16,26H,3-4,7,10-11,13H2,1-2H3. The van der Waals surface area contributed by atoms with Crippen LogP contribution in [0.1, 0.15) is 24.2 Å². The Hall–Kier alpha value is -2.51. The van der Waals surface area contributed by atoms with Crippen LogP contribution in [0, 0.1) is 12.8 Å². The first-order valence-electron chi connectivity index (χ1n) is 9.36. The van der Waals surface area contributed by atoms with Crippen LogP contribution in [0.15, 0.2) is 30.6 Å². The normalized spacial score (nSPS) is 18.1. The predicted octanol–water partition coefficient (Wildman–Crippen LogP) is 2.31. The zero-order valence-electron chi connectivity index (χ0n) is 15.8. The van der Waals surface area contributed by atoms with Gasteiger partial charge in [-0.05, 0) is 49.9 Å². The van der Waals surface area contributed by atoms with E-state index in [1.54, 1.807) is 7.11 Å². The van der Waals surface area contributed by atoms with E-state index in [2.05, 4.69) is 32.2 Å². The zero-order valence-corrected chi connectivity index (χ0v) is 15.8. The molecule has 0 aliphatic carbocycles. The third kappa shape index (κ3) is 3.65. The molecule has 1 atom stereocenters. The Bertz CT molecular complexity index is 939. The molecule has 1 unspecified atom stereocenters. The Morgan fingerprint density at radius 1 is 1.30 bits per heavy atom. The van der Waals surface area contributed by atoms with Crippen LogP contribution >= 0.6 is 0 Å². The summed E-state index contributed by atoms with van der Waals surface area (Å²) in [6.45, 7) is 5.08. The van der Waals surface area contributed by atoms with Gasteiger partial charge in [-0.25, -0.2) is 4.98 Å². The summed E-state index contributed by atoms with van der Waals surface area (Å²) in [5.74, 6) is 2.60. The number of nitrogens with zero attached hydrogens (tertiary/aromatic N) is 5. The molecule has 4 rings (SSSR count). The minimum atomic E-state index is 0.272. The molecule has 1 aromatic carbocycles. The van der Waals surface area contributed by atoms with Crippen LogP contribution in [-0.4, -0.2) is 56.4 Å². The molecule has 1 aliphatic rings. The van der Waals surface area contributed by atoms with Crippen molar-refractivity contribution in [1.82, 2.24) is 24.5 Å². The number of ether oxygens (including phenoxy) is 1. The highest BCUT2D eigenvalue weighted by atomic mass is 16.5. The van der Waals surface area contributed by atoms with Crippen LogP contribution < -0.4 is 4.74 Å². The van der Waals surface area contributed by atoms with E-state index >= 15 is 0 Å². The summed E-state index contributed by atoms with van der Waals surface area (Å²) in [6, 6.07) is 6.30. The van der Waals surface area contributed by atoms with Crippen LogP contribution in [0.5, 0.6) is 5.75 Å². The molecule has 3 aromatic rings. The number of piperidine rings is 1. The second kappa shape index (κ2) is 7.62. The lowest BCUT2D eigenvalue weighted by Crippen LogP contribution is -2.36. The van der Waals surface area contributed by atoms with Crippen LogP contribution in [0.3, 0.4) is 0 Å². The molecular weight excluding hydrogens is 342 g/mol. The number of hydrogen-bond acceptors (Lipinski definition) is 6.